The first kappa shape index (κ1) is 16.0. The fourth-order valence-electron chi connectivity index (χ4n) is 3.32. The van der Waals surface area contributed by atoms with E-state index in [2.05, 4.69) is 12.1 Å². The molecule has 3 heteroatoms. The SMILES string of the molecule is OCc1cc(F)ccc1COc1ccc(C2CCCCC2)cc1. The third kappa shape index (κ3) is 4.11. The summed E-state index contributed by atoms with van der Waals surface area (Å²) in [5.41, 5.74) is 2.78. The lowest BCUT2D eigenvalue weighted by Gasteiger charge is -2.22. The molecule has 1 fully saturated rings. The van der Waals surface area contributed by atoms with E-state index in [0.717, 1.165) is 11.3 Å². The van der Waals surface area contributed by atoms with Crippen molar-refractivity contribution in [3.63, 3.8) is 0 Å². The Morgan fingerprint density at radius 3 is 2.39 bits per heavy atom. The Balaban J connectivity index is 1.62. The summed E-state index contributed by atoms with van der Waals surface area (Å²) >= 11 is 0. The Kier molecular flexibility index (Phi) is 5.29. The van der Waals surface area contributed by atoms with Crippen LogP contribution in [0.4, 0.5) is 4.39 Å². The molecule has 0 amide bonds. The summed E-state index contributed by atoms with van der Waals surface area (Å²) in [5, 5.41) is 9.30. The normalized spacial score (nSPS) is 15.6. The van der Waals surface area contributed by atoms with Gasteiger partial charge in [-0.1, -0.05) is 37.5 Å². The van der Waals surface area contributed by atoms with E-state index in [1.165, 1.54) is 49.8 Å². The van der Waals surface area contributed by atoms with E-state index >= 15 is 0 Å². The maximum atomic E-state index is 13.2. The van der Waals surface area contributed by atoms with Crippen molar-refractivity contribution in [2.24, 2.45) is 0 Å². The van der Waals surface area contributed by atoms with E-state index in [4.69, 9.17) is 4.74 Å². The fraction of sp³-hybridized carbons (Fsp3) is 0.400. The molecule has 1 aliphatic rings. The molecule has 2 nitrogen and oxygen atoms in total. The molecule has 2 aromatic rings. The highest BCUT2D eigenvalue weighted by molar-refractivity contribution is 5.31. The topological polar surface area (TPSA) is 29.5 Å². The van der Waals surface area contributed by atoms with Gasteiger partial charge in [0.2, 0.25) is 0 Å². The van der Waals surface area contributed by atoms with E-state index < -0.39 is 0 Å². The third-order valence-electron chi connectivity index (χ3n) is 4.69. The molecule has 2 aromatic carbocycles. The van der Waals surface area contributed by atoms with E-state index in [1.54, 1.807) is 6.07 Å². The lowest BCUT2D eigenvalue weighted by molar-refractivity contribution is 0.268. The number of hydrogen-bond donors (Lipinski definition) is 1. The maximum Gasteiger partial charge on any atom is 0.123 e. The van der Waals surface area contributed by atoms with Gasteiger partial charge in [0.25, 0.3) is 0 Å². The molecule has 0 bridgehead atoms. The van der Waals surface area contributed by atoms with Crippen molar-refractivity contribution in [3.05, 3.63) is 65.0 Å². The first-order chi connectivity index (χ1) is 11.3. The van der Waals surface area contributed by atoms with Crippen molar-refractivity contribution in [2.45, 2.75) is 51.2 Å². The number of aliphatic hydroxyl groups is 1. The van der Waals surface area contributed by atoms with E-state index in [9.17, 15) is 9.50 Å². The standard InChI is InChI=1S/C20H23FO2/c21-19-9-6-17(18(12-19)13-22)14-23-20-10-7-16(8-11-20)15-4-2-1-3-5-15/h6-12,15,22H,1-5,13-14H2. The molecule has 122 valence electrons. The van der Waals surface area contributed by atoms with Gasteiger partial charge in [-0.15, -0.1) is 0 Å². The van der Waals surface area contributed by atoms with Gasteiger partial charge in [0, 0.05) is 0 Å². The van der Waals surface area contributed by atoms with Gasteiger partial charge in [-0.3, -0.25) is 0 Å². The van der Waals surface area contributed by atoms with Crippen LogP contribution in [0.2, 0.25) is 0 Å². The van der Waals surface area contributed by atoms with Gasteiger partial charge in [-0.05, 0) is 59.7 Å². The molecule has 0 heterocycles. The fourth-order valence-corrected chi connectivity index (χ4v) is 3.32. The number of aliphatic hydroxyl groups excluding tert-OH is 1. The number of ether oxygens (including phenoxy) is 1. The number of halogens is 1. The minimum atomic E-state index is -0.338. The van der Waals surface area contributed by atoms with Crippen LogP contribution in [0.1, 0.15) is 54.7 Å². The Labute approximate surface area is 136 Å². The zero-order chi connectivity index (χ0) is 16.1. The first-order valence-corrected chi connectivity index (χ1v) is 8.37. The van der Waals surface area contributed by atoms with Crippen molar-refractivity contribution >= 4 is 0 Å². The van der Waals surface area contributed by atoms with Crippen LogP contribution >= 0.6 is 0 Å². The largest absolute Gasteiger partial charge is 0.489 e. The van der Waals surface area contributed by atoms with Gasteiger partial charge >= 0.3 is 0 Å². The molecule has 1 saturated carbocycles. The van der Waals surface area contributed by atoms with Gasteiger partial charge in [-0.25, -0.2) is 4.39 Å². The van der Waals surface area contributed by atoms with Crippen molar-refractivity contribution < 1.29 is 14.2 Å². The number of rotatable bonds is 5. The third-order valence-corrected chi connectivity index (χ3v) is 4.69. The molecule has 3 rings (SSSR count). The summed E-state index contributed by atoms with van der Waals surface area (Å²) in [6, 6.07) is 12.7. The Hall–Kier alpha value is -1.87. The predicted molar refractivity (Wildman–Crippen MR) is 88.9 cm³/mol. The molecular weight excluding hydrogens is 291 g/mol. The average Bonchev–Trinajstić information content (AvgIpc) is 2.62. The Bertz CT molecular complexity index is 631. The molecule has 1 aliphatic carbocycles. The zero-order valence-corrected chi connectivity index (χ0v) is 13.3. The summed E-state index contributed by atoms with van der Waals surface area (Å²) in [4.78, 5) is 0. The Morgan fingerprint density at radius 2 is 1.70 bits per heavy atom. The van der Waals surface area contributed by atoms with Crippen LogP contribution in [-0.4, -0.2) is 5.11 Å². The van der Waals surface area contributed by atoms with E-state index in [1.807, 2.05) is 12.1 Å². The van der Waals surface area contributed by atoms with Crippen LogP contribution in [0.5, 0.6) is 5.75 Å². The van der Waals surface area contributed by atoms with Crippen LogP contribution in [0, 0.1) is 5.82 Å². The van der Waals surface area contributed by atoms with Gasteiger partial charge in [0.15, 0.2) is 0 Å². The van der Waals surface area contributed by atoms with E-state index in [0.29, 0.717) is 18.1 Å². The van der Waals surface area contributed by atoms with Crippen LogP contribution < -0.4 is 4.74 Å². The Morgan fingerprint density at radius 1 is 0.957 bits per heavy atom. The number of benzene rings is 2. The second-order valence-corrected chi connectivity index (χ2v) is 6.26. The average molecular weight is 314 g/mol. The molecule has 1 N–H and O–H groups in total. The molecule has 23 heavy (non-hydrogen) atoms. The van der Waals surface area contributed by atoms with Crippen molar-refractivity contribution in [3.8, 4) is 5.75 Å². The summed E-state index contributed by atoms with van der Waals surface area (Å²) in [5.74, 6) is 1.16. The minimum absolute atomic E-state index is 0.183. The lowest BCUT2D eigenvalue weighted by atomic mass is 9.84. The molecular formula is C20H23FO2. The number of hydrogen-bond acceptors (Lipinski definition) is 2. The quantitative estimate of drug-likeness (QED) is 0.846. The van der Waals surface area contributed by atoms with Gasteiger partial charge in [-0.2, -0.15) is 0 Å². The molecule has 0 aliphatic heterocycles. The van der Waals surface area contributed by atoms with Crippen LogP contribution in [0.15, 0.2) is 42.5 Å². The predicted octanol–water partition coefficient (Wildman–Crippen LogP) is 4.94. The summed E-state index contributed by atoms with van der Waals surface area (Å²) in [6.45, 7) is 0.149. The molecule has 0 unspecified atom stereocenters. The van der Waals surface area contributed by atoms with Crippen LogP contribution in [-0.2, 0) is 13.2 Å². The molecule has 0 atom stereocenters. The van der Waals surface area contributed by atoms with Gasteiger partial charge < -0.3 is 9.84 Å². The molecule has 0 radical (unpaired) electrons. The van der Waals surface area contributed by atoms with Gasteiger partial charge in [0.05, 0.1) is 6.61 Å². The van der Waals surface area contributed by atoms with Crippen LogP contribution in [0.25, 0.3) is 0 Å². The first-order valence-electron chi connectivity index (χ1n) is 8.37. The van der Waals surface area contributed by atoms with Crippen LogP contribution in [0.3, 0.4) is 0 Å². The highest BCUT2D eigenvalue weighted by Crippen LogP contribution is 2.33. The monoisotopic (exact) mass is 314 g/mol. The van der Waals surface area contributed by atoms with E-state index in [-0.39, 0.29) is 12.4 Å². The van der Waals surface area contributed by atoms with Gasteiger partial charge in [0.1, 0.15) is 18.2 Å². The minimum Gasteiger partial charge on any atom is -0.489 e. The summed E-state index contributed by atoms with van der Waals surface area (Å²) < 4.78 is 18.9. The second-order valence-electron chi connectivity index (χ2n) is 6.26. The molecule has 0 aromatic heterocycles. The van der Waals surface area contributed by atoms with Crippen molar-refractivity contribution in [1.29, 1.82) is 0 Å². The second kappa shape index (κ2) is 7.60. The lowest BCUT2D eigenvalue weighted by Crippen LogP contribution is -2.04. The zero-order valence-electron chi connectivity index (χ0n) is 13.3. The van der Waals surface area contributed by atoms with Crippen molar-refractivity contribution in [2.75, 3.05) is 0 Å². The molecule has 0 spiro atoms. The smallest absolute Gasteiger partial charge is 0.123 e. The maximum absolute atomic E-state index is 13.2. The molecule has 0 saturated heterocycles. The summed E-state index contributed by atoms with van der Waals surface area (Å²) in [6.07, 6.45) is 6.60. The highest BCUT2D eigenvalue weighted by Gasteiger charge is 2.15. The highest BCUT2D eigenvalue weighted by atomic mass is 19.1. The summed E-state index contributed by atoms with van der Waals surface area (Å²) in [7, 11) is 0. The van der Waals surface area contributed by atoms with Crippen molar-refractivity contribution in [1.82, 2.24) is 0 Å².